The highest BCUT2D eigenvalue weighted by atomic mass is 16.5. The molecule has 0 heterocycles. The first kappa shape index (κ1) is 15.9. The zero-order valence-corrected chi connectivity index (χ0v) is 11.6. The van der Waals surface area contributed by atoms with Gasteiger partial charge in [-0.2, -0.15) is 0 Å². The lowest BCUT2D eigenvalue weighted by Gasteiger charge is -2.15. The summed E-state index contributed by atoms with van der Waals surface area (Å²) < 4.78 is 5.34. The molecule has 0 aliphatic carbocycles. The molecule has 0 atom stereocenters. The zero-order chi connectivity index (χ0) is 12.1. The summed E-state index contributed by atoms with van der Waals surface area (Å²) in [5.41, 5.74) is 0. The predicted molar refractivity (Wildman–Crippen MR) is 71.7 cm³/mol. The van der Waals surface area contributed by atoms with Crippen LogP contribution in [0.3, 0.4) is 0 Å². The monoisotopic (exact) mass is 229 g/mol. The molecule has 98 valence electrons. The summed E-state index contributed by atoms with van der Waals surface area (Å²) in [6.45, 7) is 7.10. The summed E-state index contributed by atoms with van der Waals surface area (Å²) in [7, 11) is 2.14. The largest absolute Gasteiger partial charge is 0.366 e. The highest BCUT2D eigenvalue weighted by Crippen LogP contribution is 2.08. The molecule has 0 unspecified atom stereocenters. The van der Waals surface area contributed by atoms with E-state index in [1.165, 1.54) is 57.9 Å². The van der Waals surface area contributed by atoms with Crippen molar-refractivity contribution in [3.63, 3.8) is 0 Å². The molecule has 0 N–H and O–H groups in total. The quantitative estimate of drug-likeness (QED) is 0.370. The minimum absolute atomic E-state index is 0.785. The summed E-state index contributed by atoms with van der Waals surface area (Å²) in [4.78, 5) is 2.26. The van der Waals surface area contributed by atoms with Gasteiger partial charge >= 0.3 is 0 Å². The van der Waals surface area contributed by atoms with Gasteiger partial charge in [0.05, 0.1) is 6.73 Å². The van der Waals surface area contributed by atoms with Crippen molar-refractivity contribution in [1.82, 2.24) is 4.90 Å². The second-order valence-corrected chi connectivity index (χ2v) is 4.68. The molecule has 2 heteroatoms. The molecule has 0 aromatic heterocycles. The van der Waals surface area contributed by atoms with Gasteiger partial charge in [0.2, 0.25) is 0 Å². The highest BCUT2D eigenvalue weighted by molar-refractivity contribution is 4.49. The average Bonchev–Trinajstić information content (AvgIpc) is 2.30. The number of hydrogen-bond acceptors (Lipinski definition) is 2. The summed E-state index contributed by atoms with van der Waals surface area (Å²) in [5.74, 6) is 0. The van der Waals surface area contributed by atoms with E-state index in [1.54, 1.807) is 0 Å². The maximum Gasteiger partial charge on any atom is 0.0987 e. The third-order valence-electron chi connectivity index (χ3n) is 2.91. The van der Waals surface area contributed by atoms with E-state index < -0.39 is 0 Å². The fourth-order valence-corrected chi connectivity index (χ4v) is 1.83. The molecular weight excluding hydrogens is 198 g/mol. The highest BCUT2D eigenvalue weighted by Gasteiger charge is 1.97. The van der Waals surface area contributed by atoms with E-state index in [9.17, 15) is 0 Å². The zero-order valence-electron chi connectivity index (χ0n) is 11.6. The van der Waals surface area contributed by atoms with Crippen molar-refractivity contribution in [3.05, 3.63) is 0 Å². The van der Waals surface area contributed by atoms with Crippen LogP contribution >= 0.6 is 0 Å². The first-order chi connectivity index (χ1) is 7.81. The van der Waals surface area contributed by atoms with Crippen molar-refractivity contribution in [3.8, 4) is 0 Å². The van der Waals surface area contributed by atoms with E-state index in [2.05, 4.69) is 18.9 Å². The van der Waals surface area contributed by atoms with Gasteiger partial charge in [-0.3, -0.25) is 4.90 Å². The molecule has 0 spiro atoms. The van der Waals surface area contributed by atoms with Crippen molar-refractivity contribution in [2.45, 2.75) is 65.2 Å². The Hall–Kier alpha value is -0.0800. The minimum Gasteiger partial charge on any atom is -0.366 e. The maximum absolute atomic E-state index is 5.34. The van der Waals surface area contributed by atoms with Crippen LogP contribution < -0.4 is 0 Å². The molecule has 0 saturated carbocycles. The number of nitrogens with zero attached hydrogens (tertiary/aromatic N) is 1. The van der Waals surface area contributed by atoms with Crippen LogP contribution in [0, 0.1) is 0 Å². The number of rotatable bonds is 12. The smallest absolute Gasteiger partial charge is 0.0987 e. The van der Waals surface area contributed by atoms with Gasteiger partial charge in [-0.15, -0.1) is 0 Å². The van der Waals surface area contributed by atoms with Gasteiger partial charge in [-0.25, -0.2) is 0 Å². The van der Waals surface area contributed by atoms with E-state index in [4.69, 9.17) is 4.74 Å². The van der Waals surface area contributed by atoms with Gasteiger partial charge in [-0.05, 0) is 26.9 Å². The Kier molecular flexibility index (Phi) is 12.9. The molecule has 0 aromatic rings. The molecule has 0 aliphatic rings. The van der Waals surface area contributed by atoms with Crippen LogP contribution in [-0.2, 0) is 4.74 Å². The van der Waals surface area contributed by atoms with Gasteiger partial charge in [0.1, 0.15) is 0 Å². The van der Waals surface area contributed by atoms with Crippen LogP contribution in [0.5, 0.6) is 0 Å². The third-order valence-corrected chi connectivity index (χ3v) is 2.91. The van der Waals surface area contributed by atoms with Crippen LogP contribution in [0.25, 0.3) is 0 Å². The van der Waals surface area contributed by atoms with Crippen molar-refractivity contribution >= 4 is 0 Å². The van der Waals surface area contributed by atoms with E-state index in [0.717, 1.165) is 13.3 Å². The van der Waals surface area contributed by atoms with Gasteiger partial charge < -0.3 is 4.74 Å². The van der Waals surface area contributed by atoms with Gasteiger partial charge in [0.25, 0.3) is 0 Å². The van der Waals surface area contributed by atoms with E-state index in [1.807, 2.05) is 6.92 Å². The van der Waals surface area contributed by atoms with Crippen LogP contribution in [0.4, 0.5) is 0 Å². The Morgan fingerprint density at radius 3 is 1.94 bits per heavy atom. The van der Waals surface area contributed by atoms with Gasteiger partial charge in [0, 0.05) is 6.61 Å². The van der Waals surface area contributed by atoms with Crippen LogP contribution in [0.15, 0.2) is 0 Å². The average molecular weight is 229 g/mol. The van der Waals surface area contributed by atoms with Crippen LogP contribution in [0.2, 0.25) is 0 Å². The van der Waals surface area contributed by atoms with Crippen LogP contribution in [-0.4, -0.2) is 31.8 Å². The lowest BCUT2D eigenvalue weighted by Crippen LogP contribution is -2.22. The first-order valence-electron chi connectivity index (χ1n) is 7.07. The lowest BCUT2D eigenvalue weighted by molar-refractivity contribution is 0.0499. The summed E-state index contributed by atoms with van der Waals surface area (Å²) >= 11 is 0. The lowest BCUT2D eigenvalue weighted by atomic mass is 10.1. The van der Waals surface area contributed by atoms with Gasteiger partial charge in [-0.1, -0.05) is 51.9 Å². The molecule has 2 nitrogen and oxygen atoms in total. The van der Waals surface area contributed by atoms with Crippen molar-refractivity contribution < 1.29 is 4.74 Å². The Labute approximate surface area is 102 Å². The second kappa shape index (κ2) is 13.0. The molecule has 0 saturated heterocycles. The van der Waals surface area contributed by atoms with Crippen LogP contribution in [0.1, 0.15) is 65.2 Å². The summed E-state index contributed by atoms with van der Waals surface area (Å²) in [5, 5.41) is 0. The molecule has 0 bridgehead atoms. The Balaban J connectivity index is 3.02. The Morgan fingerprint density at radius 2 is 1.38 bits per heavy atom. The molecule has 0 fully saturated rings. The molecular formula is C14H31NO. The van der Waals surface area contributed by atoms with Gasteiger partial charge in [0.15, 0.2) is 0 Å². The molecule has 0 radical (unpaired) electrons. The fourth-order valence-electron chi connectivity index (χ4n) is 1.83. The SMILES string of the molecule is CCCCCCCCCCN(C)COCC. The molecule has 16 heavy (non-hydrogen) atoms. The van der Waals surface area contributed by atoms with Crippen molar-refractivity contribution in [1.29, 1.82) is 0 Å². The molecule has 0 rings (SSSR count). The summed E-state index contributed by atoms with van der Waals surface area (Å²) in [6.07, 6.45) is 11.2. The Bertz CT molecular complexity index is 128. The topological polar surface area (TPSA) is 12.5 Å². The second-order valence-electron chi connectivity index (χ2n) is 4.68. The van der Waals surface area contributed by atoms with Crippen molar-refractivity contribution in [2.24, 2.45) is 0 Å². The van der Waals surface area contributed by atoms with Crippen molar-refractivity contribution in [2.75, 3.05) is 26.9 Å². The van der Waals surface area contributed by atoms with E-state index >= 15 is 0 Å². The molecule has 0 aromatic carbocycles. The predicted octanol–water partition coefficient (Wildman–Crippen LogP) is 4.05. The normalized spacial score (nSPS) is 11.2. The fraction of sp³-hybridized carbons (Fsp3) is 1.00. The first-order valence-corrected chi connectivity index (χ1v) is 7.07. The van der Waals surface area contributed by atoms with E-state index in [-0.39, 0.29) is 0 Å². The third kappa shape index (κ3) is 12.0. The molecule has 0 amide bonds. The Morgan fingerprint density at radius 1 is 0.812 bits per heavy atom. The minimum atomic E-state index is 0.785. The van der Waals surface area contributed by atoms with E-state index in [0.29, 0.717) is 0 Å². The number of unbranched alkanes of at least 4 members (excludes halogenated alkanes) is 7. The standard InChI is InChI=1S/C14H31NO/c1-4-6-7-8-9-10-11-12-13-15(3)14-16-5-2/h4-14H2,1-3H3. The number of hydrogen-bond donors (Lipinski definition) is 0. The maximum atomic E-state index is 5.34. The summed E-state index contributed by atoms with van der Waals surface area (Å²) in [6, 6.07) is 0. The number of ether oxygens (including phenoxy) is 1. The molecule has 0 aliphatic heterocycles.